The highest BCUT2D eigenvalue weighted by Gasteiger charge is 2.30. The quantitative estimate of drug-likeness (QED) is 0.491. The first kappa shape index (κ1) is 20.4. The summed E-state index contributed by atoms with van der Waals surface area (Å²) in [5, 5.41) is 3.13. The van der Waals surface area contributed by atoms with Crippen LogP contribution in [0.15, 0.2) is 67.3 Å². The molecule has 3 aromatic heterocycles. The number of anilines is 1. The number of hydrogen-bond acceptors (Lipinski definition) is 6. The molecule has 0 saturated carbocycles. The van der Waals surface area contributed by atoms with Gasteiger partial charge in [-0.3, -0.25) is 4.98 Å². The minimum absolute atomic E-state index is 0.301. The van der Waals surface area contributed by atoms with Crippen LogP contribution in [0.1, 0.15) is 17.0 Å². The number of rotatable bonds is 5. The normalized spacial score (nSPS) is 11.4. The predicted octanol–water partition coefficient (Wildman–Crippen LogP) is 4.93. The molecule has 3 heterocycles. The van der Waals surface area contributed by atoms with Gasteiger partial charge in [0.05, 0.1) is 17.8 Å². The maximum atomic E-state index is 13.2. The molecule has 0 bridgehead atoms. The number of nitrogens with zero attached hydrogens (tertiary/aromatic N) is 5. The van der Waals surface area contributed by atoms with E-state index in [1.165, 1.54) is 6.07 Å². The lowest BCUT2D eigenvalue weighted by atomic mass is 10.1. The van der Waals surface area contributed by atoms with Gasteiger partial charge in [0, 0.05) is 42.0 Å². The number of nitrogens with one attached hydrogen (secondary N) is 1. The number of pyridine rings is 1. The second-order valence-corrected chi connectivity index (χ2v) is 6.81. The van der Waals surface area contributed by atoms with Crippen LogP contribution in [-0.4, -0.2) is 24.9 Å². The summed E-state index contributed by atoms with van der Waals surface area (Å²) in [7, 11) is 0. The number of hydrogen-bond donors (Lipinski definition) is 1. The Morgan fingerprint density at radius 1 is 0.903 bits per heavy atom. The molecule has 0 fully saturated rings. The van der Waals surface area contributed by atoms with E-state index < -0.39 is 11.7 Å². The minimum atomic E-state index is -4.44. The van der Waals surface area contributed by atoms with E-state index in [1.807, 2.05) is 6.92 Å². The molecule has 0 amide bonds. The van der Waals surface area contributed by atoms with E-state index in [1.54, 1.807) is 49.1 Å². The lowest BCUT2D eigenvalue weighted by Crippen LogP contribution is -2.07. The van der Waals surface area contributed by atoms with Crippen LogP contribution in [-0.2, 0) is 12.7 Å². The van der Waals surface area contributed by atoms with Crippen molar-refractivity contribution in [2.24, 2.45) is 0 Å². The van der Waals surface area contributed by atoms with E-state index in [2.05, 4.69) is 30.2 Å². The van der Waals surface area contributed by atoms with E-state index in [4.69, 9.17) is 0 Å². The van der Waals surface area contributed by atoms with Crippen LogP contribution in [0.3, 0.4) is 0 Å². The number of aryl methyl sites for hydroxylation is 1. The zero-order chi connectivity index (χ0) is 21.8. The Labute approximate surface area is 176 Å². The van der Waals surface area contributed by atoms with Crippen molar-refractivity contribution in [1.82, 2.24) is 24.9 Å². The van der Waals surface area contributed by atoms with Crippen molar-refractivity contribution in [2.45, 2.75) is 19.6 Å². The highest BCUT2D eigenvalue weighted by Crippen LogP contribution is 2.32. The Balaban J connectivity index is 1.72. The van der Waals surface area contributed by atoms with Gasteiger partial charge in [-0.2, -0.15) is 13.2 Å². The van der Waals surface area contributed by atoms with Gasteiger partial charge in [0.2, 0.25) is 0 Å². The van der Waals surface area contributed by atoms with Crippen LogP contribution in [0.4, 0.5) is 19.0 Å². The van der Waals surface area contributed by atoms with Gasteiger partial charge in [0.1, 0.15) is 11.6 Å². The average molecular weight is 422 g/mol. The van der Waals surface area contributed by atoms with Crippen molar-refractivity contribution in [3.63, 3.8) is 0 Å². The van der Waals surface area contributed by atoms with Crippen LogP contribution in [0.25, 0.3) is 22.6 Å². The number of aromatic nitrogens is 5. The Morgan fingerprint density at radius 3 is 2.35 bits per heavy atom. The summed E-state index contributed by atoms with van der Waals surface area (Å²) in [6, 6.07) is 10.1. The van der Waals surface area contributed by atoms with Crippen molar-refractivity contribution in [3.8, 4) is 22.6 Å². The van der Waals surface area contributed by atoms with Crippen molar-refractivity contribution >= 4 is 5.82 Å². The smallest absolute Gasteiger partial charge is 0.363 e. The summed E-state index contributed by atoms with van der Waals surface area (Å²) in [6.45, 7) is 2.19. The van der Waals surface area contributed by atoms with Crippen molar-refractivity contribution in [3.05, 3.63) is 84.2 Å². The monoisotopic (exact) mass is 422 g/mol. The van der Waals surface area contributed by atoms with Crippen molar-refractivity contribution in [1.29, 1.82) is 0 Å². The van der Waals surface area contributed by atoms with Gasteiger partial charge in [-0.1, -0.05) is 12.1 Å². The molecule has 9 heteroatoms. The number of halogens is 3. The van der Waals surface area contributed by atoms with Crippen LogP contribution in [0.5, 0.6) is 0 Å². The lowest BCUT2D eigenvalue weighted by molar-refractivity contribution is -0.137. The van der Waals surface area contributed by atoms with Crippen LogP contribution >= 0.6 is 0 Å². The molecule has 6 nitrogen and oxygen atoms in total. The summed E-state index contributed by atoms with van der Waals surface area (Å²) in [5.74, 6) is 1.37. The number of alkyl halides is 3. The zero-order valence-electron chi connectivity index (χ0n) is 16.4. The number of benzene rings is 1. The topological polar surface area (TPSA) is 76.5 Å². The maximum absolute atomic E-state index is 13.2. The Morgan fingerprint density at radius 2 is 1.65 bits per heavy atom. The molecule has 4 aromatic rings. The average Bonchev–Trinajstić information content (AvgIpc) is 2.79. The highest BCUT2D eigenvalue weighted by molar-refractivity contribution is 5.68. The minimum Gasteiger partial charge on any atom is -0.363 e. The van der Waals surface area contributed by atoms with E-state index in [0.29, 0.717) is 40.8 Å². The molecule has 31 heavy (non-hydrogen) atoms. The molecular weight excluding hydrogens is 405 g/mol. The molecule has 1 N–H and O–H groups in total. The van der Waals surface area contributed by atoms with Gasteiger partial charge in [0.15, 0.2) is 5.82 Å². The van der Waals surface area contributed by atoms with Gasteiger partial charge in [-0.15, -0.1) is 0 Å². The van der Waals surface area contributed by atoms with Crippen LogP contribution in [0.2, 0.25) is 0 Å². The molecule has 0 aliphatic carbocycles. The molecule has 1 aromatic carbocycles. The third-order valence-corrected chi connectivity index (χ3v) is 4.41. The molecule has 156 valence electrons. The van der Waals surface area contributed by atoms with Crippen molar-refractivity contribution < 1.29 is 13.2 Å². The van der Waals surface area contributed by atoms with Gasteiger partial charge in [-0.05, 0) is 36.8 Å². The first-order chi connectivity index (χ1) is 14.9. The summed E-state index contributed by atoms with van der Waals surface area (Å²) in [5.41, 5.74) is 1.59. The van der Waals surface area contributed by atoms with E-state index in [-0.39, 0.29) is 0 Å². The fourth-order valence-corrected chi connectivity index (χ4v) is 2.85. The summed E-state index contributed by atoms with van der Waals surface area (Å²) >= 11 is 0. The molecule has 0 saturated heterocycles. The third-order valence-electron chi connectivity index (χ3n) is 4.41. The zero-order valence-corrected chi connectivity index (χ0v) is 16.4. The standard InChI is InChI=1S/C22H17F3N6/c1-14-11-27-20(28-12-14)13-29-19-10-18(16-3-2-4-17(9-16)22(23,24)25)30-21(31-19)15-5-7-26-8-6-15/h2-12H,13H2,1H3,(H,29,30,31). The highest BCUT2D eigenvalue weighted by atomic mass is 19.4. The molecule has 0 atom stereocenters. The van der Waals surface area contributed by atoms with E-state index in [0.717, 1.165) is 17.7 Å². The fourth-order valence-electron chi connectivity index (χ4n) is 2.85. The van der Waals surface area contributed by atoms with E-state index >= 15 is 0 Å². The Bertz CT molecular complexity index is 1180. The van der Waals surface area contributed by atoms with Gasteiger partial charge in [-0.25, -0.2) is 19.9 Å². The molecule has 0 aliphatic rings. The molecule has 0 aliphatic heterocycles. The third kappa shape index (κ3) is 5.00. The summed E-state index contributed by atoms with van der Waals surface area (Å²) in [4.78, 5) is 21.5. The Kier molecular flexibility index (Phi) is 5.57. The van der Waals surface area contributed by atoms with E-state index in [9.17, 15) is 13.2 Å². The van der Waals surface area contributed by atoms with Crippen LogP contribution < -0.4 is 5.32 Å². The van der Waals surface area contributed by atoms with Crippen LogP contribution in [0, 0.1) is 6.92 Å². The SMILES string of the molecule is Cc1cnc(CNc2cc(-c3cccc(C(F)(F)F)c3)nc(-c3ccncc3)n2)nc1. The lowest BCUT2D eigenvalue weighted by Gasteiger charge is -2.12. The summed E-state index contributed by atoms with van der Waals surface area (Å²) in [6.07, 6.45) is 2.17. The second-order valence-electron chi connectivity index (χ2n) is 6.81. The van der Waals surface area contributed by atoms with Crippen molar-refractivity contribution in [2.75, 3.05) is 5.32 Å². The predicted molar refractivity (Wildman–Crippen MR) is 110 cm³/mol. The van der Waals surface area contributed by atoms with Gasteiger partial charge < -0.3 is 5.32 Å². The second kappa shape index (κ2) is 8.47. The first-order valence-electron chi connectivity index (χ1n) is 9.37. The fraction of sp³-hybridized carbons (Fsp3) is 0.136. The largest absolute Gasteiger partial charge is 0.416 e. The molecule has 4 rings (SSSR count). The molecule has 0 radical (unpaired) electrons. The van der Waals surface area contributed by atoms with Gasteiger partial charge >= 0.3 is 6.18 Å². The van der Waals surface area contributed by atoms with Gasteiger partial charge in [0.25, 0.3) is 0 Å². The maximum Gasteiger partial charge on any atom is 0.416 e. The molecule has 0 unspecified atom stereocenters. The Hall–Kier alpha value is -3.88. The molecular formula is C22H17F3N6. The summed E-state index contributed by atoms with van der Waals surface area (Å²) < 4.78 is 39.5. The molecule has 0 spiro atoms. The first-order valence-corrected chi connectivity index (χ1v) is 9.37.